The van der Waals surface area contributed by atoms with Gasteiger partial charge in [-0.15, -0.1) is 0 Å². The van der Waals surface area contributed by atoms with Crippen LogP contribution in [-0.4, -0.2) is 30.9 Å². The number of nitrogens with two attached hydrogens (primary N) is 1. The summed E-state index contributed by atoms with van der Waals surface area (Å²) in [5, 5.41) is 5.44. The van der Waals surface area contributed by atoms with Crippen molar-refractivity contribution >= 4 is 11.8 Å². The van der Waals surface area contributed by atoms with E-state index >= 15 is 0 Å². The summed E-state index contributed by atoms with van der Waals surface area (Å²) in [6.45, 7) is 4.86. The highest BCUT2D eigenvalue weighted by Crippen LogP contribution is 1.90. The van der Waals surface area contributed by atoms with Crippen LogP contribution in [-0.2, 0) is 9.59 Å². The van der Waals surface area contributed by atoms with Gasteiger partial charge in [0.05, 0.1) is 12.5 Å². The molecule has 0 aliphatic heterocycles. The zero-order valence-corrected chi connectivity index (χ0v) is 8.09. The van der Waals surface area contributed by atoms with Gasteiger partial charge in [-0.3, -0.25) is 9.59 Å². The van der Waals surface area contributed by atoms with E-state index in [0.717, 1.165) is 0 Å². The van der Waals surface area contributed by atoms with E-state index in [1.54, 1.807) is 0 Å². The smallest absolute Gasteiger partial charge is 0.235 e. The Morgan fingerprint density at radius 2 is 1.92 bits per heavy atom. The normalized spacial score (nSPS) is 12.2. The molecule has 0 saturated heterocycles. The monoisotopic (exact) mass is 187 g/mol. The van der Waals surface area contributed by atoms with E-state index in [1.807, 2.05) is 13.8 Å². The minimum absolute atomic E-state index is 0.108. The molecule has 0 heterocycles. The molecule has 13 heavy (non-hydrogen) atoms. The van der Waals surface area contributed by atoms with Crippen LogP contribution in [0.3, 0.4) is 0 Å². The lowest BCUT2D eigenvalue weighted by Crippen LogP contribution is -2.44. The molecule has 0 aliphatic rings. The first kappa shape index (κ1) is 11.9. The number of primary amides is 1. The van der Waals surface area contributed by atoms with Crippen LogP contribution in [0.5, 0.6) is 0 Å². The van der Waals surface area contributed by atoms with Crippen molar-refractivity contribution in [1.29, 1.82) is 0 Å². The van der Waals surface area contributed by atoms with Gasteiger partial charge in [-0.05, 0) is 13.5 Å². The molecule has 1 atom stereocenters. The molecule has 0 radical (unpaired) electrons. The maximum absolute atomic E-state index is 11.1. The van der Waals surface area contributed by atoms with Crippen LogP contribution in [0.4, 0.5) is 0 Å². The van der Waals surface area contributed by atoms with Crippen LogP contribution < -0.4 is 16.4 Å². The van der Waals surface area contributed by atoms with Crippen molar-refractivity contribution in [2.75, 3.05) is 13.1 Å². The molecular weight excluding hydrogens is 170 g/mol. The van der Waals surface area contributed by atoms with Gasteiger partial charge in [0.1, 0.15) is 0 Å². The van der Waals surface area contributed by atoms with Crippen molar-refractivity contribution < 1.29 is 9.59 Å². The fourth-order valence-corrected chi connectivity index (χ4v) is 0.974. The second-order valence-electron chi connectivity index (χ2n) is 2.67. The third-order valence-corrected chi connectivity index (χ3v) is 1.56. The third kappa shape index (κ3) is 5.19. The molecule has 5 nitrogen and oxygen atoms in total. The summed E-state index contributed by atoms with van der Waals surface area (Å²) >= 11 is 0. The van der Waals surface area contributed by atoms with Crippen molar-refractivity contribution in [3.63, 3.8) is 0 Å². The molecule has 76 valence electrons. The van der Waals surface area contributed by atoms with Crippen LogP contribution in [0.15, 0.2) is 0 Å². The Morgan fingerprint density at radius 1 is 1.31 bits per heavy atom. The zero-order chi connectivity index (χ0) is 10.3. The molecule has 0 fully saturated rings. The number of nitrogens with one attached hydrogen (secondary N) is 2. The quantitative estimate of drug-likeness (QED) is 0.497. The lowest BCUT2D eigenvalue weighted by atomic mass is 10.2. The fourth-order valence-electron chi connectivity index (χ4n) is 0.974. The molecule has 0 spiro atoms. The largest absolute Gasteiger partial charge is 0.368 e. The average Bonchev–Trinajstić information content (AvgIpc) is 2.04. The molecule has 0 rings (SSSR count). The molecule has 0 aromatic carbocycles. The first-order chi connectivity index (χ1) is 6.11. The van der Waals surface area contributed by atoms with E-state index in [4.69, 9.17) is 5.73 Å². The van der Waals surface area contributed by atoms with Crippen molar-refractivity contribution in [2.45, 2.75) is 26.3 Å². The first-order valence-corrected chi connectivity index (χ1v) is 4.41. The second kappa shape index (κ2) is 6.42. The summed E-state index contributed by atoms with van der Waals surface area (Å²) in [5.74, 6) is -0.652. The summed E-state index contributed by atoms with van der Waals surface area (Å²) in [7, 11) is 0. The fraction of sp³-hybridized carbons (Fsp3) is 0.750. The minimum atomic E-state index is -0.559. The average molecular weight is 187 g/mol. The van der Waals surface area contributed by atoms with Gasteiger partial charge in [0, 0.05) is 6.54 Å². The predicted molar refractivity (Wildman–Crippen MR) is 50.0 cm³/mol. The summed E-state index contributed by atoms with van der Waals surface area (Å²) in [6, 6.07) is -0.559. The molecule has 0 aromatic heterocycles. The zero-order valence-electron chi connectivity index (χ0n) is 8.09. The molecule has 1 unspecified atom stereocenters. The van der Waals surface area contributed by atoms with Crippen molar-refractivity contribution in [1.82, 2.24) is 10.6 Å². The summed E-state index contributed by atoms with van der Waals surface area (Å²) in [4.78, 5) is 21.9. The molecule has 0 aliphatic carbocycles. The van der Waals surface area contributed by atoms with Gasteiger partial charge in [0.2, 0.25) is 11.8 Å². The number of amides is 2. The molecule has 4 N–H and O–H groups in total. The van der Waals surface area contributed by atoms with Gasteiger partial charge in [-0.2, -0.15) is 0 Å². The van der Waals surface area contributed by atoms with Crippen LogP contribution >= 0.6 is 0 Å². The molecule has 0 bridgehead atoms. The summed E-state index contributed by atoms with van der Waals surface area (Å²) < 4.78 is 0. The molecular formula is C8H17N3O2. The summed E-state index contributed by atoms with van der Waals surface area (Å²) in [6.07, 6.45) is 0.108. The second-order valence-corrected chi connectivity index (χ2v) is 2.67. The van der Waals surface area contributed by atoms with Crippen LogP contribution in [0, 0.1) is 0 Å². The van der Waals surface area contributed by atoms with Gasteiger partial charge in [-0.1, -0.05) is 6.92 Å². The van der Waals surface area contributed by atoms with Gasteiger partial charge in [0.25, 0.3) is 0 Å². The van der Waals surface area contributed by atoms with E-state index in [-0.39, 0.29) is 12.3 Å². The highest BCUT2D eigenvalue weighted by atomic mass is 16.2. The van der Waals surface area contributed by atoms with Crippen LogP contribution in [0.2, 0.25) is 0 Å². The number of hydrogen-bond acceptors (Lipinski definition) is 3. The predicted octanol–water partition coefficient (Wildman–Crippen LogP) is -1.02. The summed E-state index contributed by atoms with van der Waals surface area (Å²) in [5.41, 5.74) is 5.09. The Bertz CT molecular complexity index is 182. The SMILES string of the molecule is CCNC(=O)CC(NCC)C(N)=O. The molecule has 2 amide bonds. The van der Waals surface area contributed by atoms with E-state index in [9.17, 15) is 9.59 Å². The lowest BCUT2D eigenvalue weighted by molar-refractivity contribution is -0.126. The number of carbonyl (C=O) groups excluding carboxylic acids is 2. The Labute approximate surface area is 78.1 Å². The highest BCUT2D eigenvalue weighted by Gasteiger charge is 2.17. The first-order valence-electron chi connectivity index (χ1n) is 4.41. The Morgan fingerprint density at radius 3 is 2.31 bits per heavy atom. The van der Waals surface area contributed by atoms with Gasteiger partial charge >= 0.3 is 0 Å². The number of rotatable bonds is 6. The Balaban J connectivity index is 3.94. The maximum atomic E-state index is 11.1. The van der Waals surface area contributed by atoms with Gasteiger partial charge in [-0.25, -0.2) is 0 Å². The van der Waals surface area contributed by atoms with E-state index in [1.165, 1.54) is 0 Å². The van der Waals surface area contributed by atoms with Crippen molar-refractivity contribution in [3.05, 3.63) is 0 Å². The van der Waals surface area contributed by atoms with Crippen LogP contribution in [0.25, 0.3) is 0 Å². The number of likely N-dealkylation sites (N-methyl/N-ethyl adjacent to an activating group) is 1. The Kier molecular flexibility index (Phi) is 5.88. The van der Waals surface area contributed by atoms with E-state index in [0.29, 0.717) is 13.1 Å². The third-order valence-electron chi connectivity index (χ3n) is 1.56. The molecule has 0 aromatic rings. The minimum Gasteiger partial charge on any atom is -0.368 e. The van der Waals surface area contributed by atoms with Crippen LogP contribution in [0.1, 0.15) is 20.3 Å². The van der Waals surface area contributed by atoms with Crippen molar-refractivity contribution in [3.8, 4) is 0 Å². The topological polar surface area (TPSA) is 84.2 Å². The molecule has 5 heteroatoms. The molecule has 0 saturated carbocycles. The lowest BCUT2D eigenvalue weighted by Gasteiger charge is -2.12. The van der Waals surface area contributed by atoms with E-state index in [2.05, 4.69) is 10.6 Å². The highest BCUT2D eigenvalue weighted by molar-refractivity contribution is 5.87. The van der Waals surface area contributed by atoms with Crippen molar-refractivity contribution in [2.24, 2.45) is 5.73 Å². The Hall–Kier alpha value is -1.10. The van der Waals surface area contributed by atoms with Gasteiger partial charge < -0.3 is 16.4 Å². The van der Waals surface area contributed by atoms with Gasteiger partial charge in [0.15, 0.2) is 0 Å². The van der Waals surface area contributed by atoms with E-state index < -0.39 is 11.9 Å². The number of hydrogen-bond donors (Lipinski definition) is 3. The number of carbonyl (C=O) groups is 2. The maximum Gasteiger partial charge on any atom is 0.235 e. The standard InChI is InChI=1S/C8H17N3O2/c1-3-10-6(8(9)13)5-7(12)11-4-2/h6,10H,3-5H2,1-2H3,(H2,9,13)(H,11,12).